The molecule has 0 radical (unpaired) electrons. The number of nitrogens with one attached hydrogen (secondary N) is 1. The summed E-state index contributed by atoms with van der Waals surface area (Å²) in [5.41, 5.74) is 7.00. The molecular weight excluding hydrogens is 496 g/mol. The van der Waals surface area contributed by atoms with Crippen LogP contribution in [0, 0.1) is 0 Å². The Morgan fingerprint density at radius 3 is 2.25 bits per heavy atom. The van der Waals surface area contributed by atoms with Crippen molar-refractivity contribution in [1.82, 2.24) is 5.32 Å². The van der Waals surface area contributed by atoms with Crippen LogP contribution in [0.1, 0.15) is 83.1 Å². The summed E-state index contributed by atoms with van der Waals surface area (Å²) in [6, 6.07) is 28.3. The second-order valence-corrected chi connectivity index (χ2v) is 12.2. The molecule has 0 bridgehead atoms. The third-order valence-corrected chi connectivity index (χ3v) is 8.61. The molecule has 5 rings (SSSR count). The van der Waals surface area contributed by atoms with Gasteiger partial charge in [0.25, 0.3) is 0 Å². The Labute approximate surface area is 239 Å². The van der Waals surface area contributed by atoms with Crippen molar-refractivity contribution in [3.05, 3.63) is 95.6 Å². The first kappa shape index (κ1) is 28.1. The largest absolute Gasteiger partial charge is 0.466 e. The predicted octanol–water partition coefficient (Wildman–Crippen LogP) is 7.50. The van der Waals surface area contributed by atoms with Crippen LogP contribution >= 0.6 is 0 Å². The molecule has 1 saturated carbocycles. The first-order valence-corrected chi connectivity index (χ1v) is 14.6. The number of oxime groups is 1. The van der Waals surface area contributed by atoms with Gasteiger partial charge < -0.3 is 14.9 Å². The third kappa shape index (κ3) is 6.15. The first-order valence-electron chi connectivity index (χ1n) is 14.6. The molecule has 3 unspecified atom stereocenters. The monoisotopic (exact) mass is 538 g/mol. The molecule has 3 aromatic carbocycles. The fourth-order valence-corrected chi connectivity index (χ4v) is 6.16. The molecule has 1 N–H and O–H groups in total. The summed E-state index contributed by atoms with van der Waals surface area (Å²) in [6.45, 7) is 11.2. The summed E-state index contributed by atoms with van der Waals surface area (Å²) in [6.07, 6.45) is 3.40. The minimum Gasteiger partial charge on any atom is -0.466 e. The molecule has 1 aliphatic heterocycles. The zero-order chi connectivity index (χ0) is 28.3. The molecule has 3 atom stereocenters. The molecule has 5 heteroatoms. The highest BCUT2D eigenvalue weighted by Crippen LogP contribution is 2.51. The van der Waals surface area contributed by atoms with Crippen LogP contribution in [0.15, 0.2) is 84.0 Å². The molecule has 1 fully saturated rings. The quantitative estimate of drug-likeness (QED) is 0.257. The number of rotatable bonds is 11. The van der Waals surface area contributed by atoms with E-state index in [2.05, 4.69) is 110 Å². The van der Waals surface area contributed by atoms with Crippen molar-refractivity contribution >= 4 is 11.7 Å². The summed E-state index contributed by atoms with van der Waals surface area (Å²) < 4.78 is 5.20. The molecule has 0 aromatic heterocycles. The van der Waals surface area contributed by atoms with Crippen LogP contribution in [0.2, 0.25) is 0 Å². The Kier molecular flexibility index (Phi) is 8.14. The second kappa shape index (κ2) is 11.6. The van der Waals surface area contributed by atoms with Gasteiger partial charge in [0.2, 0.25) is 0 Å². The Hall–Kier alpha value is -3.44. The van der Waals surface area contributed by atoms with E-state index < -0.39 is 0 Å². The van der Waals surface area contributed by atoms with Gasteiger partial charge in [0.1, 0.15) is 0 Å². The second-order valence-electron chi connectivity index (χ2n) is 12.2. The number of benzene rings is 3. The maximum absolute atomic E-state index is 12.1. The number of esters is 1. The van der Waals surface area contributed by atoms with Crippen LogP contribution < -0.4 is 5.32 Å². The molecule has 1 aliphatic carbocycles. The van der Waals surface area contributed by atoms with Crippen molar-refractivity contribution in [2.24, 2.45) is 5.16 Å². The molecule has 210 valence electrons. The molecule has 0 amide bonds. The van der Waals surface area contributed by atoms with Crippen LogP contribution in [0.4, 0.5) is 0 Å². The number of carbonyl (C=O) groups excluding carboxylic acids is 1. The van der Waals surface area contributed by atoms with Crippen molar-refractivity contribution in [2.75, 3.05) is 6.61 Å². The lowest BCUT2D eigenvalue weighted by Gasteiger charge is -2.31. The molecule has 0 saturated heterocycles. The zero-order valence-corrected chi connectivity index (χ0v) is 24.4. The summed E-state index contributed by atoms with van der Waals surface area (Å²) in [5.74, 6) is -0.102. The lowest BCUT2D eigenvalue weighted by molar-refractivity contribution is -0.143. The van der Waals surface area contributed by atoms with Gasteiger partial charge in [0.05, 0.1) is 24.8 Å². The van der Waals surface area contributed by atoms with E-state index in [1.54, 1.807) is 0 Å². The molecule has 1 heterocycles. The van der Waals surface area contributed by atoms with Gasteiger partial charge in [0, 0.05) is 11.5 Å². The fraction of sp³-hybridized carbons (Fsp3) is 0.429. The molecule has 0 spiro atoms. The number of nitrogens with zero attached hydrogens (tertiary/aromatic N) is 1. The lowest BCUT2D eigenvalue weighted by Crippen LogP contribution is -2.45. The average Bonchev–Trinajstić information content (AvgIpc) is 3.64. The van der Waals surface area contributed by atoms with Gasteiger partial charge in [-0.2, -0.15) is 0 Å². The Balaban J connectivity index is 1.23. The molecule has 3 aromatic rings. The summed E-state index contributed by atoms with van der Waals surface area (Å²) in [4.78, 5) is 18.0. The van der Waals surface area contributed by atoms with Gasteiger partial charge in [-0.1, -0.05) is 97.9 Å². The summed E-state index contributed by atoms with van der Waals surface area (Å²) in [5, 5.41) is 8.16. The highest BCUT2D eigenvalue weighted by Gasteiger charge is 2.46. The van der Waals surface area contributed by atoms with Crippen molar-refractivity contribution in [3.63, 3.8) is 0 Å². The highest BCUT2D eigenvalue weighted by atomic mass is 16.6. The Bertz CT molecular complexity index is 1330. The van der Waals surface area contributed by atoms with Crippen molar-refractivity contribution in [2.45, 2.75) is 89.3 Å². The maximum Gasteiger partial charge on any atom is 0.306 e. The van der Waals surface area contributed by atoms with E-state index >= 15 is 0 Å². The van der Waals surface area contributed by atoms with Gasteiger partial charge in [-0.15, -0.1) is 0 Å². The van der Waals surface area contributed by atoms with Crippen LogP contribution in [-0.2, 0) is 25.2 Å². The lowest BCUT2D eigenvalue weighted by atomic mass is 9.79. The average molecular weight is 539 g/mol. The van der Waals surface area contributed by atoms with E-state index in [4.69, 9.17) is 9.57 Å². The molecule has 5 nitrogen and oxygen atoms in total. The zero-order valence-electron chi connectivity index (χ0n) is 24.4. The van der Waals surface area contributed by atoms with E-state index in [1.807, 2.05) is 13.8 Å². The fourth-order valence-electron chi connectivity index (χ4n) is 6.16. The predicted molar refractivity (Wildman–Crippen MR) is 161 cm³/mol. The van der Waals surface area contributed by atoms with Crippen molar-refractivity contribution < 1.29 is 14.4 Å². The topological polar surface area (TPSA) is 59.9 Å². The maximum atomic E-state index is 12.1. The number of hydrogen-bond donors (Lipinski definition) is 1. The van der Waals surface area contributed by atoms with Gasteiger partial charge in [-0.05, 0) is 73.3 Å². The first-order chi connectivity index (χ1) is 19.2. The minimum atomic E-state index is -0.156. The number of carbonyl (C=O) groups is 1. The van der Waals surface area contributed by atoms with Gasteiger partial charge >= 0.3 is 5.97 Å². The Morgan fingerprint density at radius 2 is 1.65 bits per heavy atom. The van der Waals surface area contributed by atoms with Crippen LogP contribution in [0.5, 0.6) is 0 Å². The van der Waals surface area contributed by atoms with Gasteiger partial charge in [-0.25, -0.2) is 0 Å². The normalized spacial score (nSPS) is 20.4. The molecular formula is C35H42N2O3. The van der Waals surface area contributed by atoms with Crippen LogP contribution in [0.25, 0.3) is 11.1 Å². The number of ether oxygens (including phenoxy) is 1. The van der Waals surface area contributed by atoms with E-state index in [-0.39, 0.29) is 35.0 Å². The van der Waals surface area contributed by atoms with Crippen LogP contribution in [-0.4, -0.2) is 30.4 Å². The third-order valence-electron chi connectivity index (χ3n) is 8.61. The van der Waals surface area contributed by atoms with Gasteiger partial charge in [0.15, 0.2) is 6.10 Å². The molecule has 2 aliphatic rings. The van der Waals surface area contributed by atoms with E-state index in [1.165, 1.54) is 11.1 Å². The van der Waals surface area contributed by atoms with Gasteiger partial charge in [-0.3, -0.25) is 4.79 Å². The standard InChI is InChI=1S/C35H42N2O3/c1-6-39-31(38)23-35(20-21-35)30-18-16-27(17-19-30)26-12-14-28(15-13-26)33-32(25(3)37-40-33)36-24(2)22-34(4,5)29-10-8-7-9-11-29/h7-19,24,32-33,36H,6,20-23H2,1-5H3. The van der Waals surface area contributed by atoms with E-state index in [9.17, 15) is 4.79 Å². The SMILES string of the molecule is CCOC(=O)CC1(c2ccc(-c3ccc(C4ON=C(C)C4NC(C)CC(C)(C)c4ccccc4)cc3)cc2)CC1. The summed E-state index contributed by atoms with van der Waals surface area (Å²) in [7, 11) is 0. The van der Waals surface area contributed by atoms with E-state index in [0.717, 1.165) is 41.7 Å². The smallest absolute Gasteiger partial charge is 0.306 e. The summed E-state index contributed by atoms with van der Waals surface area (Å²) >= 11 is 0. The van der Waals surface area contributed by atoms with Crippen molar-refractivity contribution in [1.29, 1.82) is 0 Å². The highest BCUT2D eigenvalue weighted by molar-refractivity contribution is 5.88. The van der Waals surface area contributed by atoms with Crippen LogP contribution in [0.3, 0.4) is 0 Å². The van der Waals surface area contributed by atoms with Crippen molar-refractivity contribution in [3.8, 4) is 11.1 Å². The molecule has 40 heavy (non-hydrogen) atoms. The van der Waals surface area contributed by atoms with E-state index in [0.29, 0.717) is 13.0 Å². The Morgan fingerprint density at radius 1 is 1.02 bits per heavy atom. The number of hydrogen-bond acceptors (Lipinski definition) is 5. The minimum absolute atomic E-state index is 0.0286.